The van der Waals surface area contributed by atoms with E-state index in [1.807, 2.05) is 42.5 Å². The molecule has 0 amide bonds. The van der Waals surface area contributed by atoms with Gasteiger partial charge in [0, 0.05) is 5.69 Å². The van der Waals surface area contributed by atoms with Crippen molar-refractivity contribution in [3.05, 3.63) is 54.6 Å². The number of ether oxygens (including phenoxy) is 1. The van der Waals surface area contributed by atoms with Crippen LogP contribution < -0.4 is 5.32 Å². The summed E-state index contributed by atoms with van der Waals surface area (Å²) in [5, 5.41) is 3.10. The van der Waals surface area contributed by atoms with Gasteiger partial charge in [0.2, 0.25) is 0 Å². The Morgan fingerprint density at radius 1 is 1.00 bits per heavy atom. The number of halogens is 1. The molecule has 0 heterocycles. The molecule has 1 atom stereocenters. The van der Waals surface area contributed by atoms with E-state index in [2.05, 4.69) is 22.2 Å². The third kappa shape index (κ3) is 4.00. The van der Waals surface area contributed by atoms with Gasteiger partial charge in [0.1, 0.15) is 6.04 Å². The van der Waals surface area contributed by atoms with E-state index >= 15 is 0 Å². The fourth-order valence-corrected chi connectivity index (χ4v) is 1.88. The minimum atomic E-state index is -0.354. The van der Waals surface area contributed by atoms with E-state index in [1.165, 1.54) is 12.7 Å². The van der Waals surface area contributed by atoms with E-state index in [-0.39, 0.29) is 24.4 Å². The summed E-state index contributed by atoms with van der Waals surface area (Å²) < 4.78 is 4.68. The van der Waals surface area contributed by atoms with Crippen molar-refractivity contribution in [3.8, 4) is 11.1 Å². The molecule has 20 heavy (non-hydrogen) atoms. The summed E-state index contributed by atoms with van der Waals surface area (Å²) in [7, 11) is 1.39. The lowest BCUT2D eigenvalue weighted by atomic mass is 10.1. The molecular weight excluding hydrogens is 274 g/mol. The second-order valence-corrected chi connectivity index (χ2v) is 4.33. The van der Waals surface area contributed by atoms with Crippen LogP contribution in [0.3, 0.4) is 0 Å². The first-order valence-electron chi connectivity index (χ1n) is 6.20. The minimum Gasteiger partial charge on any atom is -0.467 e. The lowest BCUT2D eigenvalue weighted by molar-refractivity contribution is -0.141. The lowest BCUT2D eigenvalue weighted by Crippen LogP contribution is -2.27. The van der Waals surface area contributed by atoms with E-state index < -0.39 is 0 Å². The van der Waals surface area contributed by atoms with E-state index in [4.69, 9.17) is 0 Å². The number of hydrogen-bond donors (Lipinski definition) is 1. The van der Waals surface area contributed by atoms with Crippen LogP contribution in [0.25, 0.3) is 11.1 Å². The van der Waals surface area contributed by atoms with Gasteiger partial charge in [0.25, 0.3) is 0 Å². The summed E-state index contributed by atoms with van der Waals surface area (Å²) in [6.07, 6.45) is 0. The standard InChI is InChI=1S/C16H17NO2.ClH/c1-12(16(18)19-2)17-15-10-8-14(9-11-15)13-6-4-3-5-7-13;/h3-12,17H,1-2H3;1H. The first-order chi connectivity index (χ1) is 9.20. The van der Waals surface area contributed by atoms with Crippen molar-refractivity contribution in [2.45, 2.75) is 13.0 Å². The average molecular weight is 292 g/mol. The molecule has 0 aliphatic carbocycles. The molecule has 0 aliphatic rings. The molecule has 0 fully saturated rings. The molecule has 0 bridgehead atoms. The normalized spacial score (nSPS) is 11.1. The molecule has 1 N–H and O–H groups in total. The summed E-state index contributed by atoms with van der Waals surface area (Å²) in [6, 6.07) is 17.8. The number of carbonyl (C=O) groups excluding carboxylic acids is 1. The fourth-order valence-electron chi connectivity index (χ4n) is 1.88. The zero-order chi connectivity index (χ0) is 13.7. The first kappa shape index (κ1) is 16.1. The number of benzene rings is 2. The van der Waals surface area contributed by atoms with Crippen LogP contribution in [0.15, 0.2) is 54.6 Å². The summed E-state index contributed by atoms with van der Waals surface area (Å²) in [5.41, 5.74) is 3.23. The highest BCUT2D eigenvalue weighted by Gasteiger charge is 2.12. The number of esters is 1. The monoisotopic (exact) mass is 291 g/mol. The van der Waals surface area contributed by atoms with Gasteiger partial charge in [-0.15, -0.1) is 12.4 Å². The van der Waals surface area contributed by atoms with Crippen LogP contribution in [0, 0.1) is 0 Å². The van der Waals surface area contributed by atoms with Crippen molar-refractivity contribution in [3.63, 3.8) is 0 Å². The Bertz CT molecular complexity index is 540. The number of anilines is 1. The molecule has 4 heteroatoms. The van der Waals surface area contributed by atoms with Gasteiger partial charge < -0.3 is 10.1 Å². The highest BCUT2D eigenvalue weighted by atomic mass is 35.5. The van der Waals surface area contributed by atoms with E-state index in [0.717, 1.165) is 11.3 Å². The number of carbonyl (C=O) groups is 1. The zero-order valence-electron chi connectivity index (χ0n) is 11.5. The molecule has 1 unspecified atom stereocenters. The predicted molar refractivity (Wildman–Crippen MR) is 84.2 cm³/mol. The molecule has 2 aromatic carbocycles. The van der Waals surface area contributed by atoms with Crippen molar-refractivity contribution in [2.24, 2.45) is 0 Å². The molecule has 0 aliphatic heterocycles. The topological polar surface area (TPSA) is 38.3 Å². The maximum atomic E-state index is 11.3. The predicted octanol–water partition coefficient (Wildman–Crippen LogP) is 3.75. The SMILES string of the molecule is COC(=O)C(C)Nc1ccc(-c2ccccc2)cc1.Cl. The Labute approximate surface area is 125 Å². The number of rotatable bonds is 4. The second kappa shape index (κ2) is 7.56. The smallest absolute Gasteiger partial charge is 0.327 e. The van der Waals surface area contributed by atoms with Crippen molar-refractivity contribution in [1.82, 2.24) is 0 Å². The van der Waals surface area contributed by atoms with Gasteiger partial charge in [-0.1, -0.05) is 42.5 Å². The second-order valence-electron chi connectivity index (χ2n) is 4.33. The van der Waals surface area contributed by atoms with Crippen LogP contribution in [0.1, 0.15) is 6.92 Å². The lowest BCUT2D eigenvalue weighted by Gasteiger charge is -2.13. The van der Waals surface area contributed by atoms with Crippen molar-refractivity contribution >= 4 is 24.1 Å². The largest absolute Gasteiger partial charge is 0.467 e. The molecular formula is C16H18ClNO2. The van der Waals surface area contributed by atoms with Gasteiger partial charge in [-0.25, -0.2) is 4.79 Å². The van der Waals surface area contributed by atoms with Gasteiger partial charge in [0.15, 0.2) is 0 Å². The quantitative estimate of drug-likeness (QED) is 0.872. The van der Waals surface area contributed by atoms with Crippen molar-refractivity contribution in [2.75, 3.05) is 12.4 Å². The van der Waals surface area contributed by atoms with Crippen LogP contribution in [0.5, 0.6) is 0 Å². The number of methoxy groups -OCH3 is 1. The molecule has 0 radical (unpaired) electrons. The Kier molecular flexibility index (Phi) is 6.07. The Morgan fingerprint density at radius 2 is 1.55 bits per heavy atom. The highest BCUT2D eigenvalue weighted by molar-refractivity contribution is 5.85. The molecule has 0 aromatic heterocycles. The Hall–Kier alpha value is -2.00. The summed E-state index contributed by atoms with van der Waals surface area (Å²) >= 11 is 0. The van der Waals surface area contributed by atoms with Gasteiger partial charge in [0.05, 0.1) is 7.11 Å². The summed E-state index contributed by atoms with van der Waals surface area (Å²) in [6.45, 7) is 1.77. The number of nitrogens with one attached hydrogen (secondary N) is 1. The summed E-state index contributed by atoms with van der Waals surface area (Å²) in [5.74, 6) is -0.271. The maximum absolute atomic E-state index is 11.3. The number of hydrogen-bond acceptors (Lipinski definition) is 3. The summed E-state index contributed by atoms with van der Waals surface area (Å²) in [4.78, 5) is 11.3. The van der Waals surface area contributed by atoms with E-state index in [0.29, 0.717) is 0 Å². The molecule has 0 saturated heterocycles. The molecule has 0 spiro atoms. The van der Waals surface area contributed by atoms with Gasteiger partial charge >= 0.3 is 5.97 Å². The van der Waals surface area contributed by atoms with Gasteiger partial charge in [-0.2, -0.15) is 0 Å². The van der Waals surface area contributed by atoms with Crippen LogP contribution in [-0.4, -0.2) is 19.1 Å². The maximum Gasteiger partial charge on any atom is 0.327 e. The molecule has 2 aromatic rings. The Morgan fingerprint density at radius 3 is 2.10 bits per heavy atom. The van der Waals surface area contributed by atoms with Gasteiger partial charge in [-0.05, 0) is 30.2 Å². The van der Waals surface area contributed by atoms with E-state index in [9.17, 15) is 4.79 Å². The van der Waals surface area contributed by atoms with Crippen molar-refractivity contribution < 1.29 is 9.53 Å². The van der Waals surface area contributed by atoms with Crippen molar-refractivity contribution in [1.29, 1.82) is 0 Å². The molecule has 106 valence electrons. The van der Waals surface area contributed by atoms with Gasteiger partial charge in [-0.3, -0.25) is 0 Å². The average Bonchev–Trinajstić information content (AvgIpc) is 2.48. The van der Waals surface area contributed by atoms with Crippen LogP contribution in [0.2, 0.25) is 0 Å². The fraction of sp³-hybridized carbons (Fsp3) is 0.188. The molecule has 2 rings (SSSR count). The third-order valence-corrected chi connectivity index (χ3v) is 2.93. The Balaban J connectivity index is 0.00000200. The third-order valence-electron chi connectivity index (χ3n) is 2.93. The van der Waals surface area contributed by atoms with Crippen LogP contribution in [-0.2, 0) is 9.53 Å². The molecule has 3 nitrogen and oxygen atoms in total. The highest BCUT2D eigenvalue weighted by Crippen LogP contribution is 2.21. The van der Waals surface area contributed by atoms with Crippen LogP contribution in [0.4, 0.5) is 5.69 Å². The minimum absolute atomic E-state index is 0. The first-order valence-corrected chi connectivity index (χ1v) is 6.20. The molecule has 0 saturated carbocycles. The van der Waals surface area contributed by atoms with Crippen LogP contribution >= 0.6 is 12.4 Å². The van der Waals surface area contributed by atoms with E-state index in [1.54, 1.807) is 6.92 Å². The zero-order valence-corrected chi connectivity index (χ0v) is 12.3.